The van der Waals surface area contributed by atoms with E-state index in [9.17, 15) is 8.42 Å². The van der Waals surface area contributed by atoms with Gasteiger partial charge in [-0.1, -0.05) is 24.3 Å². The van der Waals surface area contributed by atoms with Gasteiger partial charge in [-0.25, -0.2) is 12.4 Å². The average molecular weight is 342 g/mol. The van der Waals surface area contributed by atoms with E-state index in [-0.39, 0.29) is 4.90 Å². The fourth-order valence-electron chi connectivity index (χ4n) is 2.54. The molecule has 0 bridgehead atoms. The van der Waals surface area contributed by atoms with Crippen molar-refractivity contribution in [3.05, 3.63) is 66.6 Å². The summed E-state index contributed by atoms with van der Waals surface area (Å²) in [4.78, 5) is 4.05. The molecule has 0 radical (unpaired) electrons. The van der Waals surface area contributed by atoms with Crippen molar-refractivity contribution in [1.82, 2.24) is 8.96 Å². The Labute approximate surface area is 141 Å². The molecule has 0 spiro atoms. The van der Waals surface area contributed by atoms with E-state index >= 15 is 0 Å². The van der Waals surface area contributed by atoms with Gasteiger partial charge in [0.25, 0.3) is 10.0 Å². The number of hydrogen-bond donors (Lipinski definition) is 2. The van der Waals surface area contributed by atoms with Crippen molar-refractivity contribution in [2.24, 2.45) is 5.73 Å². The van der Waals surface area contributed by atoms with Gasteiger partial charge in [0, 0.05) is 37.7 Å². The van der Waals surface area contributed by atoms with Gasteiger partial charge in [-0.05, 0) is 23.8 Å². The van der Waals surface area contributed by atoms with Gasteiger partial charge in [0.2, 0.25) is 0 Å². The van der Waals surface area contributed by atoms with Gasteiger partial charge in [-0.15, -0.1) is 0 Å². The van der Waals surface area contributed by atoms with E-state index in [1.54, 1.807) is 31.6 Å². The molecule has 0 saturated carbocycles. The second kappa shape index (κ2) is 6.46. The number of anilines is 1. The van der Waals surface area contributed by atoms with Crippen LogP contribution in [0.3, 0.4) is 0 Å². The smallest absolute Gasteiger partial charge is 0.269 e. The quantitative estimate of drug-likeness (QED) is 0.742. The molecule has 3 aromatic rings. The first-order valence-corrected chi connectivity index (χ1v) is 8.86. The normalized spacial score (nSPS) is 11.4. The monoisotopic (exact) mass is 342 g/mol. The molecule has 0 unspecified atom stereocenters. The highest BCUT2D eigenvalue weighted by atomic mass is 32.2. The molecule has 7 heteroatoms. The van der Waals surface area contributed by atoms with Gasteiger partial charge in [0.05, 0.1) is 11.4 Å². The maximum Gasteiger partial charge on any atom is 0.269 e. The van der Waals surface area contributed by atoms with E-state index < -0.39 is 10.0 Å². The van der Waals surface area contributed by atoms with Gasteiger partial charge in [0.15, 0.2) is 0 Å². The molecule has 0 aliphatic heterocycles. The lowest BCUT2D eigenvalue weighted by Crippen LogP contribution is -2.14. The number of aromatic nitrogens is 2. The minimum atomic E-state index is -3.76. The summed E-state index contributed by atoms with van der Waals surface area (Å²) in [6.45, 7) is 0.323. The minimum Gasteiger partial charge on any atom is -0.387 e. The molecule has 3 rings (SSSR count). The molecule has 6 nitrogen and oxygen atoms in total. The van der Waals surface area contributed by atoms with Gasteiger partial charge >= 0.3 is 0 Å². The lowest BCUT2D eigenvalue weighted by atomic mass is 10.1. The standard InChI is InChI=1S/C17H18N4O2S/c1-19-14-9-17(16-7-3-2-5-13(16)10-18)21(12-14)24(22,23)15-6-4-8-20-11-15/h2-9,11-12,19H,10,18H2,1H3. The van der Waals surface area contributed by atoms with Crippen LogP contribution in [0.25, 0.3) is 11.3 Å². The highest BCUT2D eigenvalue weighted by molar-refractivity contribution is 7.90. The molecule has 0 atom stereocenters. The fourth-order valence-corrected chi connectivity index (χ4v) is 3.87. The SMILES string of the molecule is CNc1cc(-c2ccccc2CN)n(S(=O)(=O)c2cccnc2)c1. The zero-order valence-corrected chi connectivity index (χ0v) is 14.0. The molecule has 124 valence electrons. The number of hydrogen-bond acceptors (Lipinski definition) is 5. The van der Waals surface area contributed by atoms with Crippen LogP contribution in [0.2, 0.25) is 0 Å². The molecule has 24 heavy (non-hydrogen) atoms. The van der Waals surface area contributed by atoms with Crippen molar-refractivity contribution >= 4 is 15.7 Å². The van der Waals surface area contributed by atoms with Gasteiger partial charge in [-0.2, -0.15) is 0 Å². The van der Waals surface area contributed by atoms with Crippen molar-refractivity contribution < 1.29 is 8.42 Å². The first-order chi connectivity index (χ1) is 11.6. The van der Waals surface area contributed by atoms with Crippen molar-refractivity contribution in [2.45, 2.75) is 11.4 Å². The van der Waals surface area contributed by atoms with Gasteiger partial charge in [0.1, 0.15) is 4.90 Å². The molecular weight excluding hydrogens is 324 g/mol. The highest BCUT2D eigenvalue weighted by Crippen LogP contribution is 2.31. The van der Waals surface area contributed by atoms with E-state index in [4.69, 9.17) is 5.73 Å². The number of nitrogens with zero attached hydrogens (tertiary/aromatic N) is 2. The fraction of sp³-hybridized carbons (Fsp3) is 0.118. The van der Waals surface area contributed by atoms with Crippen LogP contribution in [0.1, 0.15) is 5.56 Å². The minimum absolute atomic E-state index is 0.134. The largest absolute Gasteiger partial charge is 0.387 e. The zero-order valence-electron chi connectivity index (χ0n) is 13.2. The maximum absolute atomic E-state index is 13.0. The summed E-state index contributed by atoms with van der Waals surface area (Å²) in [6, 6.07) is 12.4. The van der Waals surface area contributed by atoms with E-state index in [1.807, 2.05) is 24.3 Å². The predicted octanol–water partition coefficient (Wildman–Crippen LogP) is 2.29. The Bertz CT molecular complexity index is 950. The molecule has 0 aliphatic rings. The van der Waals surface area contributed by atoms with Crippen molar-refractivity contribution in [1.29, 1.82) is 0 Å². The van der Waals surface area contributed by atoms with Crippen LogP contribution in [-0.4, -0.2) is 24.4 Å². The Morgan fingerprint density at radius 1 is 1.21 bits per heavy atom. The van der Waals surface area contributed by atoms with E-state index in [1.165, 1.54) is 16.2 Å². The number of rotatable bonds is 5. The summed E-state index contributed by atoms with van der Waals surface area (Å²) in [7, 11) is -2.01. The van der Waals surface area contributed by atoms with Crippen molar-refractivity contribution in [2.75, 3.05) is 12.4 Å². The Kier molecular flexibility index (Phi) is 4.37. The molecule has 0 saturated heterocycles. The summed E-state index contributed by atoms with van der Waals surface area (Å²) in [5.41, 5.74) is 8.73. The van der Waals surface area contributed by atoms with E-state index in [0.717, 1.165) is 11.1 Å². The second-order valence-electron chi connectivity index (χ2n) is 5.21. The van der Waals surface area contributed by atoms with Crippen LogP contribution in [0.5, 0.6) is 0 Å². The van der Waals surface area contributed by atoms with Crippen LogP contribution < -0.4 is 11.1 Å². The third-order valence-electron chi connectivity index (χ3n) is 3.78. The Morgan fingerprint density at radius 3 is 2.67 bits per heavy atom. The molecular formula is C17H18N4O2S. The third-order valence-corrected chi connectivity index (χ3v) is 5.44. The van der Waals surface area contributed by atoms with Crippen LogP contribution in [0, 0.1) is 0 Å². The first-order valence-electron chi connectivity index (χ1n) is 7.42. The number of benzene rings is 1. The van der Waals surface area contributed by atoms with E-state index in [2.05, 4.69) is 10.3 Å². The number of nitrogens with two attached hydrogens (primary N) is 1. The number of pyridine rings is 1. The summed E-state index contributed by atoms with van der Waals surface area (Å²) in [6.07, 6.45) is 4.44. The highest BCUT2D eigenvalue weighted by Gasteiger charge is 2.22. The molecule has 0 aliphatic carbocycles. The topological polar surface area (TPSA) is 90.0 Å². The lowest BCUT2D eigenvalue weighted by molar-refractivity contribution is 0.587. The lowest BCUT2D eigenvalue weighted by Gasteiger charge is -2.12. The summed E-state index contributed by atoms with van der Waals surface area (Å²) < 4.78 is 27.3. The molecule has 2 heterocycles. The molecule has 0 amide bonds. The molecule has 0 fully saturated rings. The van der Waals surface area contributed by atoms with Gasteiger partial charge < -0.3 is 11.1 Å². The molecule has 2 aromatic heterocycles. The van der Waals surface area contributed by atoms with Crippen molar-refractivity contribution in [3.63, 3.8) is 0 Å². The number of nitrogens with one attached hydrogen (secondary N) is 1. The average Bonchev–Trinajstić information content (AvgIpc) is 3.07. The summed E-state index contributed by atoms with van der Waals surface area (Å²) in [5, 5.41) is 2.99. The second-order valence-corrected chi connectivity index (χ2v) is 7.03. The van der Waals surface area contributed by atoms with Crippen LogP contribution in [0.4, 0.5) is 5.69 Å². The van der Waals surface area contributed by atoms with Crippen molar-refractivity contribution in [3.8, 4) is 11.3 Å². The zero-order chi connectivity index (χ0) is 17.2. The van der Waals surface area contributed by atoms with Crippen LogP contribution >= 0.6 is 0 Å². The summed E-state index contributed by atoms with van der Waals surface area (Å²) in [5.74, 6) is 0. The summed E-state index contributed by atoms with van der Waals surface area (Å²) >= 11 is 0. The van der Waals surface area contributed by atoms with Crippen LogP contribution in [0.15, 0.2) is 66.0 Å². The Balaban J connectivity index is 2.25. The Hall–Kier alpha value is -2.64. The third kappa shape index (κ3) is 2.79. The molecule has 3 N–H and O–H groups in total. The maximum atomic E-state index is 13.0. The first kappa shape index (κ1) is 16.2. The predicted molar refractivity (Wildman–Crippen MR) is 94.1 cm³/mol. The van der Waals surface area contributed by atoms with Gasteiger partial charge in [-0.3, -0.25) is 4.98 Å². The van der Waals surface area contributed by atoms with E-state index in [0.29, 0.717) is 17.9 Å². The molecule has 1 aromatic carbocycles. The Morgan fingerprint density at radius 2 is 2.00 bits per heavy atom. The van der Waals surface area contributed by atoms with Crippen LogP contribution in [-0.2, 0) is 16.6 Å².